The summed E-state index contributed by atoms with van der Waals surface area (Å²) >= 11 is 0. The zero-order valence-corrected chi connectivity index (χ0v) is 11.3. The maximum absolute atomic E-state index is 11.8. The zero-order valence-electron chi connectivity index (χ0n) is 11.3. The van der Waals surface area contributed by atoms with Gasteiger partial charge in [-0.1, -0.05) is 4.68 Å². The van der Waals surface area contributed by atoms with E-state index in [2.05, 4.69) is 15.1 Å². The van der Waals surface area contributed by atoms with Gasteiger partial charge in [0.25, 0.3) is 12.5 Å². The van der Waals surface area contributed by atoms with Crippen molar-refractivity contribution in [2.45, 2.75) is 6.54 Å². The van der Waals surface area contributed by atoms with Crippen molar-refractivity contribution in [2.24, 2.45) is 0 Å². The Morgan fingerprint density at radius 2 is 2.05 bits per heavy atom. The molecule has 2 heterocycles. The summed E-state index contributed by atoms with van der Waals surface area (Å²) in [5, 5.41) is 14.5. The van der Waals surface area contributed by atoms with Crippen LogP contribution in [0.4, 0.5) is 0 Å². The van der Waals surface area contributed by atoms with Crippen LogP contribution in [-0.4, -0.2) is 45.4 Å². The lowest BCUT2D eigenvalue weighted by atomic mass is 10.3. The largest absolute Gasteiger partial charge is 0.548 e. The number of aromatic nitrogens is 4. The van der Waals surface area contributed by atoms with Gasteiger partial charge < -0.3 is 14.8 Å². The molecule has 0 aliphatic heterocycles. The van der Waals surface area contributed by atoms with Gasteiger partial charge in [0, 0.05) is 31.1 Å². The summed E-state index contributed by atoms with van der Waals surface area (Å²) < 4.78 is 1.40. The van der Waals surface area contributed by atoms with E-state index in [1.165, 1.54) is 11.7 Å². The Morgan fingerprint density at radius 3 is 2.62 bits per heavy atom. The molecular formula is C13H13N5O3. The van der Waals surface area contributed by atoms with Crippen molar-refractivity contribution in [3.8, 4) is 11.4 Å². The van der Waals surface area contributed by atoms with Crippen molar-refractivity contribution in [3.63, 3.8) is 0 Å². The molecule has 0 aromatic carbocycles. The summed E-state index contributed by atoms with van der Waals surface area (Å²) in [6.07, 6.45) is 6.40. The fraction of sp³-hybridized carbons (Fsp3) is 0.231. The Labute approximate surface area is 120 Å². The third kappa shape index (κ3) is 4.03. The maximum Gasteiger partial charge on any atom is 0.291 e. The van der Waals surface area contributed by atoms with Crippen molar-refractivity contribution in [3.05, 3.63) is 36.9 Å². The van der Waals surface area contributed by atoms with Crippen LogP contribution in [0.15, 0.2) is 36.9 Å². The average molecular weight is 287 g/mol. The van der Waals surface area contributed by atoms with E-state index in [9.17, 15) is 14.7 Å². The molecule has 2 rings (SSSR count). The van der Waals surface area contributed by atoms with Crippen LogP contribution in [0.2, 0.25) is 0 Å². The van der Waals surface area contributed by atoms with Gasteiger partial charge in [-0.15, -0.1) is 0 Å². The lowest BCUT2D eigenvalue weighted by molar-refractivity contribution is -0.742. The molecule has 2 aromatic heterocycles. The first-order chi connectivity index (χ1) is 10.1. The van der Waals surface area contributed by atoms with Crippen LogP contribution in [0.25, 0.3) is 11.4 Å². The van der Waals surface area contributed by atoms with Crippen molar-refractivity contribution in [2.75, 3.05) is 13.6 Å². The van der Waals surface area contributed by atoms with E-state index < -0.39 is 12.5 Å². The minimum Gasteiger partial charge on any atom is -0.548 e. The molecule has 0 atom stereocenters. The number of rotatable bonds is 5. The van der Waals surface area contributed by atoms with Gasteiger partial charge in [0.15, 0.2) is 12.0 Å². The van der Waals surface area contributed by atoms with Crippen LogP contribution < -0.4 is 9.79 Å². The molecule has 8 nitrogen and oxygen atoms in total. The Hall–Kier alpha value is -2.90. The van der Waals surface area contributed by atoms with Crippen molar-refractivity contribution < 1.29 is 19.4 Å². The lowest BCUT2D eigenvalue weighted by Crippen LogP contribution is -2.48. The van der Waals surface area contributed by atoms with E-state index in [1.54, 1.807) is 36.9 Å². The van der Waals surface area contributed by atoms with Gasteiger partial charge in [0.2, 0.25) is 0 Å². The van der Waals surface area contributed by atoms with Crippen LogP contribution in [0.5, 0.6) is 0 Å². The first-order valence-electron chi connectivity index (χ1n) is 6.13. The van der Waals surface area contributed by atoms with E-state index in [0.29, 0.717) is 5.82 Å². The molecule has 1 amide bonds. The monoisotopic (exact) mass is 287 g/mol. The molecule has 0 spiro atoms. The predicted molar refractivity (Wildman–Crippen MR) is 68.1 cm³/mol. The first kappa shape index (κ1) is 14.5. The second-order valence-electron chi connectivity index (χ2n) is 4.31. The highest BCUT2D eigenvalue weighted by Gasteiger charge is 2.16. The number of nitrogens with zero attached hydrogens (tertiary/aromatic N) is 5. The third-order valence-corrected chi connectivity index (χ3v) is 2.68. The SMILES string of the molecule is CN(CC(=O)[O-])C(=O)C[n+]1ccc(-c2ncccn2)cn1. The highest BCUT2D eigenvalue weighted by molar-refractivity contribution is 5.79. The Bertz CT molecular complexity index is 630. The third-order valence-electron chi connectivity index (χ3n) is 2.68. The predicted octanol–water partition coefficient (Wildman–Crippen LogP) is -1.97. The van der Waals surface area contributed by atoms with Gasteiger partial charge in [-0.3, -0.25) is 4.79 Å². The second kappa shape index (κ2) is 6.51. The maximum atomic E-state index is 11.8. The Balaban J connectivity index is 2.03. The number of carboxylic acids is 1. The molecule has 0 aliphatic rings. The summed E-state index contributed by atoms with van der Waals surface area (Å²) in [6, 6.07) is 3.44. The van der Waals surface area contributed by atoms with Crippen LogP contribution in [0.1, 0.15) is 0 Å². The minimum absolute atomic E-state index is 0.0558. The van der Waals surface area contributed by atoms with E-state index in [0.717, 1.165) is 10.5 Å². The number of aliphatic carboxylic acids is 1. The number of likely N-dealkylation sites (N-methyl/N-ethyl adjacent to an activating group) is 1. The molecule has 0 N–H and O–H groups in total. The molecule has 8 heteroatoms. The fourth-order valence-corrected chi connectivity index (χ4v) is 1.60. The van der Waals surface area contributed by atoms with Gasteiger partial charge in [-0.25, -0.2) is 9.97 Å². The number of carbonyl (C=O) groups excluding carboxylic acids is 2. The molecule has 0 fully saturated rings. The molecule has 108 valence electrons. The highest BCUT2D eigenvalue weighted by Crippen LogP contribution is 2.09. The molecule has 2 aromatic rings. The van der Waals surface area contributed by atoms with Crippen molar-refractivity contribution in [1.82, 2.24) is 20.0 Å². The second-order valence-corrected chi connectivity index (χ2v) is 4.31. The van der Waals surface area contributed by atoms with E-state index in [1.807, 2.05) is 0 Å². The molecule has 0 unspecified atom stereocenters. The van der Waals surface area contributed by atoms with Gasteiger partial charge in [-0.05, 0) is 11.2 Å². The smallest absolute Gasteiger partial charge is 0.291 e. The fourth-order valence-electron chi connectivity index (χ4n) is 1.60. The van der Waals surface area contributed by atoms with Gasteiger partial charge in [0.1, 0.15) is 6.20 Å². The highest BCUT2D eigenvalue weighted by atomic mass is 16.4. The molecule has 0 saturated carbocycles. The summed E-state index contributed by atoms with van der Waals surface area (Å²) in [5.74, 6) is -1.14. The quantitative estimate of drug-likeness (QED) is 0.591. The summed E-state index contributed by atoms with van der Waals surface area (Å²) in [5.41, 5.74) is 0.724. The molecular weight excluding hydrogens is 274 g/mol. The van der Waals surface area contributed by atoms with Crippen LogP contribution >= 0.6 is 0 Å². The zero-order chi connectivity index (χ0) is 15.2. The summed E-state index contributed by atoms with van der Waals surface area (Å²) in [4.78, 5) is 31.4. The molecule has 0 bridgehead atoms. The van der Waals surface area contributed by atoms with E-state index in [-0.39, 0.29) is 12.5 Å². The molecule has 21 heavy (non-hydrogen) atoms. The summed E-state index contributed by atoms with van der Waals surface area (Å²) in [7, 11) is 1.39. The van der Waals surface area contributed by atoms with E-state index in [4.69, 9.17) is 0 Å². The van der Waals surface area contributed by atoms with Gasteiger partial charge in [0.05, 0.1) is 12.5 Å². The molecule has 0 saturated heterocycles. The summed E-state index contributed by atoms with van der Waals surface area (Å²) in [6.45, 7) is -0.505. The number of hydrogen-bond donors (Lipinski definition) is 0. The van der Waals surface area contributed by atoms with Crippen molar-refractivity contribution in [1.29, 1.82) is 0 Å². The first-order valence-corrected chi connectivity index (χ1v) is 6.13. The average Bonchev–Trinajstić information content (AvgIpc) is 2.48. The van der Waals surface area contributed by atoms with Crippen LogP contribution in [-0.2, 0) is 16.1 Å². The van der Waals surface area contributed by atoms with Gasteiger partial charge >= 0.3 is 0 Å². The van der Waals surface area contributed by atoms with Crippen LogP contribution in [0, 0.1) is 0 Å². The number of hydrogen-bond acceptors (Lipinski definition) is 6. The number of amides is 1. The number of carboxylic acid groups (broad SMARTS) is 1. The number of carbonyl (C=O) groups is 2. The van der Waals surface area contributed by atoms with E-state index >= 15 is 0 Å². The van der Waals surface area contributed by atoms with Crippen molar-refractivity contribution >= 4 is 11.9 Å². The minimum atomic E-state index is -1.31. The molecule has 0 radical (unpaired) electrons. The topological polar surface area (TPSA) is 103 Å². The lowest BCUT2D eigenvalue weighted by Gasteiger charge is -2.15. The Morgan fingerprint density at radius 1 is 1.33 bits per heavy atom. The normalized spacial score (nSPS) is 10.1. The van der Waals surface area contributed by atoms with Gasteiger partial charge in [-0.2, -0.15) is 0 Å². The van der Waals surface area contributed by atoms with Crippen LogP contribution in [0.3, 0.4) is 0 Å². The Kier molecular flexibility index (Phi) is 4.50. The standard InChI is InChI=1S/C13H13N5O3/c1-17(9-12(20)21)11(19)8-18-6-3-10(7-16-18)13-14-4-2-5-15-13/h2-7H,8-9H2,1H3. The molecule has 0 aliphatic carbocycles.